The molecule has 25 heavy (non-hydrogen) atoms. The van der Waals surface area contributed by atoms with Crippen molar-refractivity contribution >= 4 is 0 Å². The third-order valence-electron chi connectivity index (χ3n) is 6.06. The van der Waals surface area contributed by atoms with Crippen LogP contribution < -0.4 is 5.32 Å². The maximum atomic E-state index is 4.06. The van der Waals surface area contributed by atoms with Gasteiger partial charge >= 0.3 is 0 Å². The summed E-state index contributed by atoms with van der Waals surface area (Å²) in [4.78, 5) is 2.69. The van der Waals surface area contributed by atoms with Crippen molar-refractivity contribution in [2.24, 2.45) is 0 Å². The molecular weight excluding hydrogens is 304 g/mol. The fourth-order valence-corrected chi connectivity index (χ4v) is 5.07. The van der Waals surface area contributed by atoms with Crippen molar-refractivity contribution in [3.8, 4) is 0 Å². The Morgan fingerprint density at radius 3 is 2.48 bits per heavy atom. The van der Waals surface area contributed by atoms with Gasteiger partial charge in [-0.15, -0.1) is 0 Å². The standard InChI is InChI=1S/C23H30N2/c1-18(19-10-5-4-6-11-19)25-16-22(2,3)24-23(17-25)15-9-13-20-12-7-8-14-21(20)23/h4-8,10-12,14,18,24H,9,13,15-17H2,1-3H3/t18-,23-/m0/s1. The zero-order valence-electron chi connectivity index (χ0n) is 15.8. The molecule has 2 heteroatoms. The summed E-state index contributed by atoms with van der Waals surface area (Å²) in [6.45, 7) is 9.24. The van der Waals surface area contributed by atoms with Gasteiger partial charge in [0.2, 0.25) is 0 Å². The van der Waals surface area contributed by atoms with Gasteiger partial charge in [-0.25, -0.2) is 0 Å². The minimum Gasteiger partial charge on any atom is -0.300 e. The van der Waals surface area contributed by atoms with Crippen LogP contribution in [0.3, 0.4) is 0 Å². The van der Waals surface area contributed by atoms with Crippen LogP contribution >= 0.6 is 0 Å². The summed E-state index contributed by atoms with van der Waals surface area (Å²) in [6.07, 6.45) is 3.72. The Hall–Kier alpha value is -1.64. The number of nitrogens with one attached hydrogen (secondary N) is 1. The number of hydrogen-bond acceptors (Lipinski definition) is 2. The van der Waals surface area contributed by atoms with E-state index in [0.29, 0.717) is 6.04 Å². The second kappa shape index (κ2) is 6.26. The molecule has 1 spiro atoms. The van der Waals surface area contributed by atoms with Crippen LogP contribution in [0.4, 0.5) is 0 Å². The Balaban J connectivity index is 1.71. The van der Waals surface area contributed by atoms with Crippen LogP contribution in [0.15, 0.2) is 54.6 Å². The molecule has 2 aliphatic rings. The van der Waals surface area contributed by atoms with Crippen molar-refractivity contribution < 1.29 is 0 Å². The largest absolute Gasteiger partial charge is 0.300 e. The van der Waals surface area contributed by atoms with Gasteiger partial charge in [0.25, 0.3) is 0 Å². The van der Waals surface area contributed by atoms with Crippen LogP contribution in [0.25, 0.3) is 0 Å². The number of piperazine rings is 1. The molecule has 1 aliphatic carbocycles. The first kappa shape index (κ1) is 16.8. The van der Waals surface area contributed by atoms with E-state index in [9.17, 15) is 0 Å². The van der Waals surface area contributed by atoms with E-state index < -0.39 is 0 Å². The fraction of sp³-hybridized carbons (Fsp3) is 0.478. The summed E-state index contributed by atoms with van der Waals surface area (Å²) < 4.78 is 0. The molecule has 2 aromatic rings. The second-order valence-electron chi connectivity index (χ2n) is 8.59. The predicted molar refractivity (Wildman–Crippen MR) is 105 cm³/mol. The molecule has 1 fully saturated rings. The average Bonchev–Trinajstić information content (AvgIpc) is 2.61. The van der Waals surface area contributed by atoms with Crippen molar-refractivity contribution in [3.63, 3.8) is 0 Å². The lowest BCUT2D eigenvalue weighted by atomic mass is 9.72. The Labute approximate surface area is 152 Å². The van der Waals surface area contributed by atoms with E-state index in [1.807, 2.05) is 0 Å². The van der Waals surface area contributed by atoms with E-state index in [0.717, 1.165) is 13.1 Å². The first-order valence-corrected chi connectivity index (χ1v) is 9.66. The van der Waals surface area contributed by atoms with E-state index in [1.54, 1.807) is 0 Å². The Bertz CT molecular complexity index is 737. The number of benzene rings is 2. The van der Waals surface area contributed by atoms with E-state index in [-0.39, 0.29) is 11.1 Å². The molecule has 0 bridgehead atoms. The molecule has 1 heterocycles. The fourth-order valence-electron chi connectivity index (χ4n) is 5.07. The topological polar surface area (TPSA) is 15.3 Å². The molecule has 2 atom stereocenters. The molecule has 2 nitrogen and oxygen atoms in total. The average molecular weight is 335 g/mol. The van der Waals surface area contributed by atoms with Crippen LogP contribution in [0.2, 0.25) is 0 Å². The minimum absolute atomic E-state index is 0.0830. The molecule has 1 saturated heterocycles. The number of hydrogen-bond donors (Lipinski definition) is 1. The summed E-state index contributed by atoms with van der Waals surface area (Å²) in [5.74, 6) is 0. The lowest BCUT2D eigenvalue weighted by Gasteiger charge is -2.55. The molecule has 0 unspecified atom stereocenters. The van der Waals surface area contributed by atoms with Crippen molar-refractivity contribution in [1.82, 2.24) is 10.2 Å². The van der Waals surface area contributed by atoms with Gasteiger partial charge < -0.3 is 0 Å². The number of aryl methyl sites for hydroxylation is 1. The van der Waals surface area contributed by atoms with E-state index in [1.165, 1.54) is 36.0 Å². The highest BCUT2D eigenvalue weighted by Gasteiger charge is 2.46. The highest BCUT2D eigenvalue weighted by molar-refractivity contribution is 5.38. The summed E-state index contributed by atoms with van der Waals surface area (Å²) in [6, 6.07) is 20.5. The first-order chi connectivity index (χ1) is 12.0. The third-order valence-corrected chi connectivity index (χ3v) is 6.06. The van der Waals surface area contributed by atoms with Crippen molar-refractivity contribution in [2.75, 3.05) is 13.1 Å². The molecule has 1 N–H and O–H groups in total. The molecule has 2 aromatic carbocycles. The van der Waals surface area contributed by atoms with Gasteiger partial charge in [0.15, 0.2) is 0 Å². The molecule has 4 rings (SSSR count). The molecular formula is C23H30N2. The molecule has 1 aliphatic heterocycles. The Morgan fingerprint density at radius 1 is 0.960 bits per heavy atom. The molecule has 0 aromatic heterocycles. The van der Waals surface area contributed by atoms with E-state index in [2.05, 4.69) is 85.6 Å². The lowest BCUT2D eigenvalue weighted by Crippen LogP contribution is -2.68. The van der Waals surface area contributed by atoms with Crippen LogP contribution in [0.5, 0.6) is 0 Å². The highest BCUT2D eigenvalue weighted by atomic mass is 15.3. The molecule has 132 valence electrons. The van der Waals surface area contributed by atoms with Crippen LogP contribution in [0, 0.1) is 0 Å². The van der Waals surface area contributed by atoms with Gasteiger partial charge in [-0.1, -0.05) is 54.6 Å². The number of rotatable bonds is 2. The van der Waals surface area contributed by atoms with Gasteiger partial charge in [0, 0.05) is 24.7 Å². The van der Waals surface area contributed by atoms with Crippen molar-refractivity contribution in [1.29, 1.82) is 0 Å². The maximum absolute atomic E-state index is 4.06. The van der Waals surface area contributed by atoms with E-state index in [4.69, 9.17) is 0 Å². The minimum atomic E-state index is 0.0830. The Morgan fingerprint density at radius 2 is 1.68 bits per heavy atom. The van der Waals surface area contributed by atoms with Gasteiger partial charge in [-0.05, 0) is 56.7 Å². The van der Waals surface area contributed by atoms with Gasteiger partial charge in [-0.3, -0.25) is 10.2 Å². The lowest BCUT2D eigenvalue weighted by molar-refractivity contribution is 0.0237. The van der Waals surface area contributed by atoms with Crippen LogP contribution in [-0.2, 0) is 12.0 Å². The molecule has 0 radical (unpaired) electrons. The molecule has 0 amide bonds. The number of fused-ring (bicyclic) bond motifs is 2. The third kappa shape index (κ3) is 3.14. The Kier molecular flexibility index (Phi) is 4.21. The zero-order valence-corrected chi connectivity index (χ0v) is 15.8. The van der Waals surface area contributed by atoms with Gasteiger partial charge in [0.1, 0.15) is 0 Å². The predicted octanol–water partition coefficient (Wildman–Crippen LogP) is 4.66. The van der Waals surface area contributed by atoms with Crippen LogP contribution in [-0.4, -0.2) is 23.5 Å². The van der Waals surface area contributed by atoms with Gasteiger partial charge in [-0.2, -0.15) is 0 Å². The summed E-state index contributed by atoms with van der Waals surface area (Å²) in [5, 5.41) is 4.06. The van der Waals surface area contributed by atoms with Crippen LogP contribution in [0.1, 0.15) is 56.3 Å². The quantitative estimate of drug-likeness (QED) is 0.859. The monoisotopic (exact) mass is 334 g/mol. The summed E-state index contributed by atoms with van der Waals surface area (Å²) in [5.41, 5.74) is 4.66. The van der Waals surface area contributed by atoms with Crippen molar-refractivity contribution in [3.05, 3.63) is 71.3 Å². The summed E-state index contributed by atoms with van der Waals surface area (Å²) >= 11 is 0. The highest BCUT2D eigenvalue weighted by Crippen LogP contribution is 2.41. The van der Waals surface area contributed by atoms with E-state index >= 15 is 0 Å². The smallest absolute Gasteiger partial charge is 0.0571 e. The second-order valence-corrected chi connectivity index (χ2v) is 8.59. The SMILES string of the molecule is C[C@@H](c1ccccc1)N1CC(C)(C)N[C@@]2(CCCc3ccccc32)C1. The first-order valence-electron chi connectivity index (χ1n) is 9.66. The molecule has 0 saturated carbocycles. The van der Waals surface area contributed by atoms with Gasteiger partial charge in [0.05, 0.1) is 5.54 Å². The van der Waals surface area contributed by atoms with Crippen molar-refractivity contribution in [2.45, 2.75) is 57.2 Å². The number of nitrogens with zero attached hydrogens (tertiary/aromatic N) is 1. The normalized spacial score (nSPS) is 27.0. The zero-order chi connectivity index (χ0) is 17.5. The maximum Gasteiger partial charge on any atom is 0.0571 e. The summed E-state index contributed by atoms with van der Waals surface area (Å²) in [7, 11) is 0.